The molecule has 3 aromatic rings. The van der Waals surface area contributed by atoms with Crippen molar-refractivity contribution in [3.63, 3.8) is 0 Å². The molecule has 246 valence electrons. The number of benzene rings is 2. The number of hydrogen-bond donors (Lipinski definition) is 2. The molecule has 2 N–H and O–H groups in total. The first kappa shape index (κ1) is 32.6. The summed E-state index contributed by atoms with van der Waals surface area (Å²) in [4.78, 5) is 43.3. The number of rotatable bonds is 11. The van der Waals surface area contributed by atoms with Gasteiger partial charge < -0.3 is 24.5 Å². The third kappa shape index (κ3) is 6.18. The molecule has 12 heteroatoms. The van der Waals surface area contributed by atoms with Crippen LogP contribution in [0.15, 0.2) is 42.6 Å². The third-order valence-electron chi connectivity index (χ3n) is 9.74. The first-order chi connectivity index (χ1) is 22.1. The standard InChI is InChI=1S/C34H40ClFN4O6/c1-38-20-26(25-7-3-4-8-30(25)38)32(42)37-29-17-28(36)22(15-27(29)35)16-31(41)34(39-13-5-6-14-39,40-18-24(19-40)45-2)46-23-11-9-21(10-12-23)33(43)44/h3-4,7-8,15,17,20-21,23-24H,5-6,9-14,16,18-19H2,1-2H3,(H,37,42)(H,43,44). The van der Waals surface area contributed by atoms with Crippen LogP contribution in [0.1, 0.15) is 54.4 Å². The number of Topliss-reactive ketones (excluding diaryl/α,β-unsaturated/α-hetero) is 1. The van der Waals surface area contributed by atoms with E-state index in [0.717, 1.165) is 29.8 Å². The van der Waals surface area contributed by atoms with Crippen molar-refractivity contribution < 1.29 is 33.4 Å². The van der Waals surface area contributed by atoms with Crippen molar-refractivity contribution in [2.24, 2.45) is 13.0 Å². The summed E-state index contributed by atoms with van der Waals surface area (Å²) in [6.07, 6.45) is 4.85. The van der Waals surface area contributed by atoms with E-state index in [-0.39, 0.29) is 40.7 Å². The van der Waals surface area contributed by atoms with E-state index in [4.69, 9.17) is 21.1 Å². The number of hydrogen-bond acceptors (Lipinski definition) is 7. The molecule has 46 heavy (non-hydrogen) atoms. The molecular weight excluding hydrogens is 615 g/mol. The molecule has 1 aliphatic carbocycles. The number of methoxy groups -OCH3 is 1. The van der Waals surface area contributed by atoms with E-state index in [1.165, 1.54) is 6.07 Å². The van der Waals surface area contributed by atoms with E-state index in [0.29, 0.717) is 57.4 Å². The maximum atomic E-state index is 15.7. The number of amides is 1. The number of para-hydroxylation sites is 1. The number of carbonyl (C=O) groups is 3. The Balaban J connectivity index is 1.25. The van der Waals surface area contributed by atoms with Crippen LogP contribution in [0.2, 0.25) is 5.02 Å². The number of likely N-dealkylation sites (tertiary alicyclic amines) is 2. The van der Waals surface area contributed by atoms with Gasteiger partial charge in [-0.2, -0.15) is 0 Å². The largest absolute Gasteiger partial charge is 0.481 e. The second-order valence-corrected chi connectivity index (χ2v) is 13.1. The fourth-order valence-corrected chi connectivity index (χ4v) is 7.34. The molecule has 6 rings (SSSR count). The van der Waals surface area contributed by atoms with E-state index in [2.05, 4.69) is 5.32 Å². The number of ketones is 1. The number of nitrogens with zero attached hydrogens (tertiary/aromatic N) is 3. The van der Waals surface area contributed by atoms with E-state index < -0.39 is 29.5 Å². The molecular formula is C34H40ClFN4O6. The van der Waals surface area contributed by atoms with Gasteiger partial charge in [-0.1, -0.05) is 29.8 Å². The van der Waals surface area contributed by atoms with Crippen LogP contribution in [-0.2, 0) is 32.5 Å². The monoisotopic (exact) mass is 654 g/mol. The van der Waals surface area contributed by atoms with Crippen LogP contribution in [0.3, 0.4) is 0 Å². The molecule has 3 aliphatic rings. The third-order valence-corrected chi connectivity index (χ3v) is 10.1. The zero-order valence-electron chi connectivity index (χ0n) is 26.1. The number of carboxylic acids is 1. The van der Waals surface area contributed by atoms with Crippen LogP contribution >= 0.6 is 11.6 Å². The summed E-state index contributed by atoms with van der Waals surface area (Å²) in [6, 6.07) is 10.0. The number of halogens is 2. The molecule has 10 nitrogen and oxygen atoms in total. The summed E-state index contributed by atoms with van der Waals surface area (Å²) in [5.41, 5.74) is 1.53. The van der Waals surface area contributed by atoms with E-state index in [1.807, 2.05) is 45.7 Å². The molecule has 0 radical (unpaired) electrons. The molecule has 1 atom stereocenters. The minimum Gasteiger partial charge on any atom is -0.481 e. The van der Waals surface area contributed by atoms with Crippen LogP contribution < -0.4 is 5.32 Å². The molecule has 1 amide bonds. The minimum atomic E-state index is -1.44. The summed E-state index contributed by atoms with van der Waals surface area (Å²) in [5.74, 6) is -4.07. The van der Waals surface area contributed by atoms with E-state index in [9.17, 15) is 19.5 Å². The fraction of sp³-hybridized carbons (Fsp3) is 0.500. The lowest BCUT2D eigenvalue weighted by Crippen LogP contribution is -2.74. The van der Waals surface area contributed by atoms with Gasteiger partial charge in [-0.3, -0.25) is 24.2 Å². The first-order valence-corrected chi connectivity index (χ1v) is 16.3. The summed E-state index contributed by atoms with van der Waals surface area (Å²) >= 11 is 6.60. The number of aryl methyl sites for hydroxylation is 1. The van der Waals surface area contributed by atoms with Crippen molar-refractivity contribution in [2.45, 2.75) is 63.0 Å². The topological polar surface area (TPSA) is 113 Å². The summed E-state index contributed by atoms with van der Waals surface area (Å²) in [5, 5.41) is 13.1. The fourth-order valence-electron chi connectivity index (χ4n) is 7.10. The molecule has 1 unspecified atom stereocenters. The zero-order valence-corrected chi connectivity index (χ0v) is 26.9. The Morgan fingerprint density at radius 3 is 2.41 bits per heavy atom. The molecule has 2 aliphatic heterocycles. The Bertz CT molecular complexity index is 1630. The van der Waals surface area contributed by atoms with Crippen molar-refractivity contribution in [1.29, 1.82) is 0 Å². The lowest BCUT2D eigenvalue weighted by atomic mass is 9.87. The molecule has 3 heterocycles. The second-order valence-electron chi connectivity index (χ2n) is 12.6. The predicted octanol–water partition coefficient (Wildman–Crippen LogP) is 5.07. The van der Waals surface area contributed by atoms with Crippen LogP contribution in [0, 0.1) is 11.7 Å². The lowest BCUT2D eigenvalue weighted by Gasteiger charge is -2.55. The quantitative estimate of drug-likeness (QED) is 0.295. The van der Waals surface area contributed by atoms with Crippen molar-refractivity contribution in [3.8, 4) is 0 Å². The molecule has 1 saturated carbocycles. The zero-order chi connectivity index (χ0) is 32.6. The van der Waals surface area contributed by atoms with E-state index >= 15 is 4.39 Å². The molecule has 0 bridgehead atoms. The Labute approximate surface area is 272 Å². The van der Waals surface area contributed by atoms with Gasteiger partial charge in [0.05, 0.1) is 34.4 Å². The van der Waals surface area contributed by atoms with Gasteiger partial charge in [-0.25, -0.2) is 4.39 Å². The van der Waals surface area contributed by atoms with Crippen LogP contribution in [0.25, 0.3) is 10.9 Å². The van der Waals surface area contributed by atoms with E-state index in [1.54, 1.807) is 13.3 Å². The Kier molecular flexibility index (Phi) is 9.50. The van der Waals surface area contributed by atoms with Gasteiger partial charge in [-0.05, 0) is 62.3 Å². The van der Waals surface area contributed by atoms with Crippen molar-refractivity contribution in [2.75, 3.05) is 38.6 Å². The van der Waals surface area contributed by atoms with Crippen molar-refractivity contribution >= 4 is 45.9 Å². The second kappa shape index (κ2) is 13.4. The highest BCUT2D eigenvalue weighted by Gasteiger charge is 2.56. The average Bonchev–Trinajstić information content (AvgIpc) is 3.68. The Morgan fingerprint density at radius 2 is 1.74 bits per heavy atom. The number of carbonyl (C=O) groups excluding carboxylic acids is 2. The number of anilines is 1. The average molecular weight is 655 g/mol. The molecule has 0 spiro atoms. The normalized spacial score (nSPS) is 22.4. The maximum absolute atomic E-state index is 15.7. The SMILES string of the molecule is COC1CN(C(OC2CCC(C(=O)O)CC2)(C(=O)Cc2cc(Cl)c(NC(=O)c3cn(C)c4ccccc34)cc2F)N2CCCC2)C1. The smallest absolute Gasteiger partial charge is 0.306 e. The van der Waals surface area contributed by atoms with Gasteiger partial charge in [0.2, 0.25) is 5.85 Å². The highest BCUT2D eigenvalue weighted by molar-refractivity contribution is 6.34. The number of carboxylic acid groups (broad SMARTS) is 1. The van der Waals surface area contributed by atoms with Gasteiger partial charge >= 0.3 is 5.97 Å². The summed E-state index contributed by atoms with van der Waals surface area (Å²) < 4.78 is 29.9. The van der Waals surface area contributed by atoms with Crippen LogP contribution in [0.5, 0.6) is 0 Å². The number of aliphatic carboxylic acids is 1. The maximum Gasteiger partial charge on any atom is 0.306 e. The predicted molar refractivity (Wildman–Crippen MR) is 171 cm³/mol. The first-order valence-electron chi connectivity index (χ1n) is 15.9. The van der Waals surface area contributed by atoms with Crippen molar-refractivity contribution in [3.05, 3.63) is 64.6 Å². The van der Waals surface area contributed by atoms with Gasteiger partial charge in [0.25, 0.3) is 5.91 Å². The summed E-state index contributed by atoms with van der Waals surface area (Å²) in [6.45, 7) is 2.25. The molecule has 2 aromatic carbocycles. The van der Waals surface area contributed by atoms with Crippen LogP contribution in [-0.4, -0.2) is 88.5 Å². The number of aromatic nitrogens is 1. The van der Waals surface area contributed by atoms with Gasteiger partial charge in [-0.15, -0.1) is 0 Å². The number of nitrogens with one attached hydrogen (secondary N) is 1. The van der Waals surface area contributed by atoms with Gasteiger partial charge in [0.1, 0.15) is 5.82 Å². The highest BCUT2D eigenvalue weighted by Crippen LogP contribution is 2.39. The number of fused-ring (bicyclic) bond motifs is 1. The highest BCUT2D eigenvalue weighted by atomic mass is 35.5. The minimum absolute atomic E-state index is 0.0584. The van der Waals surface area contributed by atoms with Gasteiger partial charge in [0, 0.05) is 63.9 Å². The molecule has 2 saturated heterocycles. The molecule has 3 fully saturated rings. The number of ether oxygens (including phenoxy) is 2. The Hall–Kier alpha value is -3.35. The summed E-state index contributed by atoms with van der Waals surface area (Å²) in [7, 11) is 3.48. The van der Waals surface area contributed by atoms with Gasteiger partial charge in [0.15, 0.2) is 5.78 Å². The van der Waals surface area contributed by atoms with Crippen LogP contribution in [0.4, 0.5) is 10.1 Å². The van der Waals surface area contributed by atoms with Crippen molar-refractivity contribution in [1.82, 2.24) is 14.4 Å². The Morgan fingerprint density at radius 1 is 1.04 bits per heavy atom. The molecule has 1 aromatic heterocycles. The lowest BCUT2D eigenvalue weighted by molar-refractivity contribution is -0.282.